The molecule has 1 N–H and O–H groups in total. The number of nitrogens with zero attached hydrogens (tertiary/aromatic N) is 1. The van der Waals surface area contributed by atoms with Crippen LogP contribution in [0.5, 0.6) is 0 Å². The lowest BCUT2D eigenvalue weighted by Crippen LogP contribution is -2.22. The van der Waals surface area contributed by atoms with Gasteiger partial charge in [0.2, 0.25) is 0 Å². The Morgan fingerprint density at radius 1 is 1.17 bits per heavy atom. The van der Waals surface area contributed by atoms with Gasteiger partial charge in [0.1, 0.15) is 5.82 Å². The standard InChI is InChI=1S/C21H15BrF2N2O3/c22-14-8-11(23)9-15(24)20(14)26-18(27)10-29-21(28)19-12-4-1-2-6-16(12)25-17-7-3-5-13(17)19/h1-2,4,6,8-9H,3,5,7,10H2,(H,26,27). The molecule has 0 spiro atoms. The van der Waals surface area contributed by atoms with Crippen molar-refractivity contribution in [3.63, 3.8) is 0 Å². The fourth-order valence-corrected chi connectivity index (χ4v) is 3.99. The lowest BCUT2D eigenvalue weighted by atomic mass is 10.0. The van der Waals surface area contributed by atoms with Crippen molar-refractivity contribution in [3.8, 4) is 0 Å². The Kier molecular flexibility index (Phi) is 5.27. The first-order chi connectivity index (χ1) is 13.9. The minimum atomic E-state index is -0.936. The van der Waals surface area contributed by atoms with Crippen molar-refractivity contribution in [2.45, 2.75) is 19.3 Å². The van der Waals surface area contributed by atoms with Crippen molar-refractivity contribution >= 4 is 44.4 Å². The largest absolute Gasteiger partial charge is 0.452 e. The molecule has 29 heavy (non-hydrogen) atoms. The van der Waals surface area contributed by atoms with Gasteiger partial charge in [-0.05, 0) is 52.9 Å². The Hall–Kier alpha value is -2.87. The SMILES string of the molecule is O=C(COC(=O)c1c2c(nc3ccccc13)CCC2)Nc1c(F)cc(F)cc1Br. The first-order valence-corrected chi connectivity index (χ1v) is 9.75. The quantitative estimate of drug-likeness (QED) is 0.579. The van der Waals surface area contributed by atoms with Crippen molar-refractivity contribution in [1.82, 2.24) is 4.98 Å². The van der Waals surface area contributed by atoms with Gasteiger partial charge in [0.05, 0.1) is 16.8 Å². The van der Waals surface area contributed by atoms with Crippen LogP contribution in [0.15, 0.2) is 40.9 Å². The van der Waals surface area contributed by atoms with Gasteiger partial charge in [0.15, 0.2) is 12.4 Å². The van der Waals surface area contributed by atoms with Crippen molar-refractivity contribution in [1.29, 1.82) is 0 Å². The van der Waals surface area contributed by atoms with Gasteiger partial charge in [0.25, 0.3) is 5.91 Å². The van der Waals surface area contributed by atoms with Gasteiger partial charge in [-0.1, -0.05) is 18.2 Å². The molecule has 0 aliphatic heterocycles. The van der Waals surface area contributed by atoms with E-state index in [1.54, 1.807) is 6.07 Å². The lowest BCUT2D eigenvalue weighted by molar-refractivity contribution is -0.119. The number of hydrogen-bond acceptors (Lipinski definition) is 4. The van der Waals surface area contributed by atoms with Crippen molar-refractivity contribution < 1.29 is 23.1 Å². The van der Waals surface area contributed by atoms with E-state index in [0.717, 1.165) is 36.6 Å². The Morgan fingerprint density at radius 2 is 1.97 bits per heavy atom. The van der Waals surface area contributed by atoms with E-state index in [9.17, 15) is 18.4 Å². The van der Waals surface area contributed by atoms with Gasteiger partial charge in [-0.2, -0.15) is 0 Å². The molecule has 3 aromatic rings. The number of para-hydroxylation sites is 1. The van der Waals surface area contributed by atoms with Crippen LogP contribution in [0.3, 0.4) is 0 Å². The third-order valence-electron chi connectivity index (χ3n) is 4.73. The Bertz CT molecular complexity index is 1130. The number of hydrogen-bond donors (Lipinski definition) is 1. The number of pyridine rings is 1. The summed E-state index contributed by atoms with van der Waals surface area (Å²) in [4.78, 5) is 29.6. The van der Waals surface area contributed by atoms with E-state index in [-0.39, 0.29) is 10.2 Å². The van der Waals surface area contributed by atoms with Crippen LogP contribution in [-0.2, 0) is 22.4 Å². The van der Waals surface area contributed by atoms with E-state index in [1.807, 2.05) is 18.2 Å². The highest BCUT2D eigenvalue weighted by atomic mass is 79.9. The number of anilines is 1. The summed E-state index contributed by atoms with van der Waals surface area (Å²) in [6.45, 7) is -0.604. The van der Waals surface area contributed by atoms with Gasteiger partial charge in [0, 0.05) is 21.6 Å². The number of aryl methyl sites for hydroxylation is 1. The molecule has 0 bridgehead atoms. The summed E-state index contributed by atoms with van der Waals surface area (Å²) in [6.07, 6.45) is 2.41. The molecule has 148 valence electrons. The molecule has 2 aromatic carbocycles. The summed E-state index contributed by atoms with van der Waals surface area (Å²) in [5.41, 5.74) is 2.62. The molecule has 0 unspecified atom stereocenters. The second kappa shape index (κ2) is 7.87. The molecule has 1 aliphatic carbocycles. The third kappa shape index (κ3) is 3.85. The normalized spacial score (nSPS) is 12.7. The molecule has 1 aromatic heterocycles. The fraction of sp³-hybridized carbons (Fsp3) is 0.190. The summed E-state index contributed by atoms with van der Waals surface area (Å²) in [5.74, 6) is -3.08. The van der Waals surface area contributed by atoms with E-state index in [2.05, 4.69) is 26.2 Å². The summed E-state index contributed by atoms with van der Waals surface area (Å²) in [6, 6.07) is 8.95. The number of benzene rings is 2. The first-order valence-electron chi connectivity index (χ1n) is 8.96. The molecular formula is C21H15BrF2N2O3. The number of carbonyl (C=O) groups is 2. The maximum absolute atomic E-state index is 13.9. The predicted octanol–water partition coefficient (Wildman–Crippen LogP) is 4.56. The molecule has 4 rings (SSSR count). The maximum atomic E-state index is 13.9. The Labute approximate surface area is 173 Å². The number of rotatable bonds is 4. The van der Waals surface area contributed by atoms with Gasteiger partial charge in [-0.25, -0.2) is 13.6 Å². The van der Waals surface area contributed by atoms with E-state index in [0.29, 0.717) is 22.5 Å². The number of aromatic nitrogens is 1. The van der Waals surface area contributed by atoms with Crippen LogP contribution in [0.25, 0.3) is 10.9 Å². The van der Waals surface area contributed by atoms with Crippen LogP contribution in [0, 0.1) is 11.6 Å². The minimum absolute atomic E-state index is 0.0487. The number of nitrogens with one attached hydrogen (secondary N) is 1. The van der Waals surface area contributed by atoms with Crippen LogP contribution in [0.2, 0.25) is 0 Å². The van der Waals surface area contributed by atoms with Crippen LogP contribution in [0.1, 0.15) is 28.0 Å². The monoisotopic (exact) mass is 460 g/mol. The van der Waals surface area contributed by atoms with Crippen LogP contribution in [0.4, 0.5) is 14.5 Å². The van der Waals surface area contributed by atoms with E-state index >= 15 is 0 Å². The van der Waals surface area contributed by atoms with E-state index in [4.69, 9.17) is 4.74 Å². The molecule has 1 aliphatic rings. The highest BCUT2D eigenvalue weighted by Crippen LogP contribution is 2.30. The van der Waals surface area contributed by atoms with Crippen LogP contribution in [-0.4, -0.2) is 23.5 Å². The van der Waals surface area contributed by atoms with Gasteiger partial charge < -0.3 is 10.1 Å². The molecule has 1 amide bonds. The molecule has 5 nitrogen and oxygen atoms in total. The average molecular weight is 461 g/mol. The van der Waals surface area contributed by atoms with Gasteiger partial charge in [-0.3, -0.25) is 9.78 Å². The topological polar surface area (TPSA) is 68.3 Å². The van der Waals surface area contributed by atoms with Gasteiger partial charge in [-0.15, -0.1) is 0 Å². The number of fused-ring (bicyclic) bond motifs is 2. The average Bonchev–Trinajstić information content (AvgIpc) is 3.14. The molecule has 1 heterocycles. The van der Waals surface area contributed by atoms with Crippen LogP contribution < -0.4 is 5.32 Å². The highest BCUT2D eigenvalue weighted by molar-refractivity contribution is 9.10. The Morgan fingerprint density at radius 3 is 2.76 bits per heavy atom. The Balaban J connectivity index is 1.53. The zero-order valence-corrected chi connectivity index (χ0v) is 16.7. The van der Waals surface area contributed by atoms with Crippen molar-refractivity contribution in [2.24, 2.45) is 0 Å². The summed E-state index contributed by atoms with van der Waals surface area (Å²) < 4.78 is 32.3. The molecule has 0 saturated carbocycles. The molecule has 0 saturated heterocycles. The molecule has 0 radical (unpaired) electrons. The zero-order chi connectivity index (χ0) is 20.5. The first kappa shape index (κ1) is 19.4. The summed E-state index contributed by atoms with van der Waals surface area (Å²) in [7, 11) is 0. The highest BCUT2D eigenvalue weighted by Gasteiger charge is 2.25. The number of halogens is 3. The number of esters is 1. The number of carbonyl (C=O) groups excluding carboxylic acids is 2. The fourth-order valence-electron chi connectivity index (χ4n) is 3.48. The molecule has 8 heteroatoms. The smallest absolute Gasteiger partial charge is 0.339 e. The molecule has 0 fully saturated rings. The van der Waals surface area contributed by atoms with Crippen molar-refractivity contribution in [2.75, 3.05) is 11.9 Å². The number of ether oxygens (including phenoxy) is 1. The maximum Gasteiger partial charge on any atom is 0.339 e. The predicted molar refractivity (Wildman–Crippen MR) is 107 cm³/mol. The second-order valence-corrected chi connectivity index (χ2v) is 7.51. The van der Waals surface area contributed by atoms with Crippen molar-refractivity contribution in [3.05, 3.63) is 69.3 Å². The summed E-state index contributed by atoms with van der Waals surface area (Å²) in [5, 5.41) is 2.96. The van der Waals surface area contributed by atoms with E-state index < -0.39 is 30.1 Å². The van der Waals surface area contributed by atoms with Gasteiger partial charge >= 0.3 is 5.97 Å². The molecule has 0 atom stereocenters. The van der Waals surface area contributed by atoms with Crippen LogP contribution >= 0.6 is 15.9 Å². The zero-order valence-electron chi connectivity index (χ0n) is 15.1. The second-order valence-electron chi connectivity index (χ2n) is 6.65. The summed E-state index contributed by atoms with van der Waals surface area (Å²) >= 11 is 2.99. The minimum Gasteiger partial charge on any atom is -0.452 e. The third-order valence-corrected chi connectivity index (χ3v) is 5.35. The number of amides is 1. The van der Waals surface area contributed by atoms with E-state index in [1.165, 1.54) is 0 Å². The lowest BCUT2D eigenvalue weighted by Gasteiger charge is -2.13. The molecular weight excluding hydrogens is 446 g/mol.